The summed E-state index contributed by atoms with van der Waals surface area (Å²) in [6.07, 6.45) is 1.72. The molecule has 1 atom stereocenters. The average molecular weight is 462 g/mol. The van der Waals surface area contributed by atoms with Gasteiger partial charge in [-0.15, -0.1) is 0 Å². The number of carbonyl (C=O) groups excluding carboxylic acids is 1. The molecule has 2 aromatic carbocycles. The standard InChI is InChI=1S/C19H19IN4O2/c1-10-9-26-17-14(10)7-12(8-15(17)20)16(19(25)23-2)24-13-5-3-11(4-6-13)18(21)22/h3-9,16,24H,1-2H3,(H3,21,22)(H,23,25). The Balaban J connectivity index is 1.99. The van der Waals surface area contributed by atoms with E-state index in [0.29, 0.717) is 5.56 Å². The van der Waals surface area contributed by atoms with E-state index in [0.717, 1.165) is 31.4 Å². The summed E-state index contributed by atoms with van der Waals surface area (Å²) >= 11 is 2.22. The molecule has 0 aliphatic rings. The van der Waals surface area contributed by atoms with Gasteiger partial charge in [0.05, 0.1) is 9.83 Å². The third kappa shape index (κ3) is 3.52. The van der Waals surface area contributed by atoms with Crippen LogP contribution in [0.2, 0.25) is 0 Å². The lowest BCUT2D eigenvalue weighted by atomic mass is 10.0. The van der Waals surface area contributed by atoms with E-state index in [1.807, 2.05) is 19.1 Å². The number of benzene rings is 2. The van der Waals surface area contributed by atoms with Gasteiger partial charge in [-0.05, 0) is 77.0 Å². The Kier molecular flexibility index (Phi) is 5.17. The van der Waals surface area contributed by atoms with Gasteiger partial charge in [-0.3, -0.25) is 10.2 Å². The molecule has 0 radical (unpaired) electrons. The molecular formula is C19H19IN4O2. The van der Waals surface area contributed by atoms with Gasteiger partial charge in [0.2, 0.25) is 5.91 Å². The molecule has 1 heterocycles. The molecule has 0 saturated heterocycles. The van der Waals surface area contributed by atoms with Gasteiger partial charge in [-0.1, -0.05) is 0 Å². The molecule has 134 valence electrons. The van der Waals surface area contributed by atoms with Crippen LogP contribution in [0.5, 0.6) is 0 Å². The molecule has 3 aromatic rings. The van der Waals surface area contributed by atoms with Crippen LogP contribution in [0.1, 0.15) is 22.7 Å². The Hall–Kier alpha value is -2.55. The van der Waals surface area contributed by atoms with Crippen LogP contribution in [0.3, 0.4) is 0 Å². The van der Waals surface area contributed by atoms with Crippen molar-refractivity contribution in [3.05, 3.63) is 62.9 Å². The number of amidine groups is 1. The van der Waals surface area contributed by atoms with Gasteiger partial charge in [-0.2, -0.15) is 0 Å². The first kappa shape index (κ1) is 18.2. The smallest absolute Gasteiger partial charge is 0.246 e. The SMILES string of the molecule is CNC(=O)C(Nc1ccc(C(=N)N)cc1)c1cc(I)c2occ(C)c2c1. The molecular weight excluding hydrogens is 443 g/mol. The van der Waals surface area contributed by atoms with Crippen LogP contribution in [-0.4, -0.2) is 18.8 Å². The van der Waals surface area contributed by atoms with E-state index in [1.54, 1.807) is 37.6 Å². The highest BCUT2D eigenvalue weighted by Crippen LogP contribution is 2.31. The summed E-state index contributed by atoms with van der Waals surface area (Å²) in [5, 5.41) is 14.4. The van der Waals surface area contributed by atoms with E-state index >= 15 is 0 Å². The Morgan fingerprint density at radius 2 is 1.96 bits per heavy atom. The number of nitrogens with two attached hydrogens (primary N) is 1. The summed E-state index contributed by atoms with van der Waals surface area (Å²) in [6.45, 7) is 1.98. The number of nitrogens with one attached hydrogen (secondary N) is 3. The summed E-state index contributed by atoms with van der Waals surface area (Å²) in [6, 6.07) is 10.5. The number of fused-ring (bicyclic) bond motifs is 1. The molecule has 0 saturated carbocycles. The van der Waals surface area contributed by atoms with Gasteiger partial charge in [0.1, 0.15) is 17.5 Å². The topological polar surface area (TPSA) is 104 Å². The molecule has 0 fully saturated rings. The van der Waals surface area contributed by atoms with Gasteiger partial charge < -0.3 is 20.8 Å². The van der Waals surface area contributed by atoms with Crippen molar-refractivity contribution in [2.75, 3.05) is 12.4 Å². The highest BCUT2D eigenvalue weighted by atomic mass is 127. The molecule has 0 spiro atoms. The number of likely N-dealkylation sites (N-methyl/N-ethyl adjacent to an activating group) is 1. The second-order valence-corrected chi connectivity index (χ2v) is 7.14. The minimum absolute atomic E-state index is 0.00911. The number of aryl methyl sites for hydroxylation is 1. The van der Waals surface area contributed by atoms with Crippen molar-refractivity contribution >= 4 is 51.0 Å². The van der Waals surface area contributed by atoms with Crippen molar-refractivity contribution in [3.63, 3.8) is 0 Å². The summed E-state index contributed by atoms with van der Waals surface area (Å²) in [4.78, 5) is 12.5. The molecule has 3 rings (SSSR count). The number of hydrogen-bond donors (Lipinski definition) is 4. The summed E-state index contributed by atoms with van der Waals surface area (Å²) < 4.78 is 6.54. The minimum Gasteiger partial charge on any atom is -0.463 e. The molecule has 5 N–H and O–H groups in total. The first-order valence-electron chi connectivity index (χ1n) is 8.00. The fourth-order valence-corrected chi connectivity index (χ4v) is 3.54. The Morgan fingerprint density at radius 1 is 1.27 bits per heavy atom. The minimum atomic E-state index is -0.560. The molecule has 0 bridgehead atoms. The zero-order valence-electron chi connectivity index (χ0n) is 14.4. The second-order valence-electron chi connectivity index (χ2n) is 5.98. The molecule has 7 heteroatoms. The van der Waals surface area contributed by atoms with Gasteiger partial charge in [-0.25, -0.2) is 0 Å². The number of amides is 1. The zero-order valence-corrected chi connectivity index (χ0v) is 16.5. The fraction of sp³-hybridized carbons (Fsp3) is 0.158. The lowest BCUT2D eigenvalue weighted by Crippen LogP contribution is -2.31. The Morgan fingerprint density at radius 3 is 2.58 bits per heavy atom. The van der Waals surface area contributed by atoms with Crippen molar-refractivity contribution in [1.82, 2.24) is 5.32 Å². The predicted molar refractivity (Wildman–Crippen MR) is 112 cm³/mol. The van der Waals surface area contributed by atoms with E-state index in [9.17, 15) is 4.79 Å². The number of halogens is 1. The number of carbonyl (C=O) groups is 1. The molecule has 1 aromatic heterocycles. The van der Waals surface area contributed by atoms with Gasteiger partial charge in [0.25, 0.3) is 0 Å². The molecule has 26 heavy (non-hydrogen) atoms. The molecule has 1 amide bonds. The summed E-state index contributed by atoms with van der Waals surface area (Å²) in [5.74, 6) is -0.133. The number of nitrogen functional groups attached to an aromatic ring is 1. The highest BCUT2D eigenvalue weighted by Gasteiger charge is 2.22. The van der Waals surface area contributed by atoms with E-state index in [-0.39, 0.29) is 11.7 Å². The Bertz CT molecular complexity index is 979. The van der Waals surface area contributed by atoms with Crippen LogP contribution in [0.15, 0.2) is 47.1 Å². The van der Waals surface area contributed by atoms with Crippen LogP contribution in [0.25, 0.3) is 11.0 Å². The van der Waals surface area contributed by atoms with E-state index in [1.165, 1.54) is 0 Å². The highest BCUT2D eigenvalue weighted by molar-refractivity contribution is 14.1. The maximum Gasteiger partial charge on any atom is 0.246 e. The van der Waals surface area contributed by atoms with E-state index in [2.05, 4.69) is 33.2 Å². The molecule has 0 aliphatic carbocycles. The fourth-order valence-electron chi connectivity index (χ4n) is 2.76. The van der Waals surface area contributed by atoms with Crippen LogP contribution in [-0.2, 0) is 4.79 Å². The molecule has 6 nitrogen and oxygen atoms in total. The number of furan rings is 1. The van der Waals surface area contributed by atoms with Crippen molar-refractivity contribution in [1.29, 1.82) is 5.41 Å². The Labute approximate surface area is 164 Å². The van der Waals surface area contributed by atoms with Crippen LogP contribution in [0, 0.1) is 15.9 Å². The maximum atomic E-state index is 12.5. The normalized spacial score (nSPS) is 12.0. The third-order valence-corrected chi connectivity index (χ3v) is 4.99. The van der Waals surface area contributed by atoms with E-state index in [4.69, 9.17) is 15.6 Å². The van der Waals surface area contributed by atoms with Gasteiger partial charge in [0.15, 0.2) is 0 Å². The quantitative estimate of drug-likeness (QED) is 0.265. The third-order valence-electron chi connectivity index (χ3n) is 4.19. The van der Waals surface area contributed by atoms with Crippen molar-refractivity contribution < 1.29 is 9.21 Å². The van der Waals surface area contributed by atoms with E-state index < -0.39 is 6.04 Å². The predicted octanol–water partition coefficient (Wildman–Crippen LogP) is 3.53. The van der Waals surface area contributed by atoms with Crippen LogP contribution < -0.4 is 16.4 Å². The molecule has 0 aliphatic heterocycles. The lowest BCUT2D eigenvalue weighted by Gasteiger charge is -2.20. The van der Waals surface area contributed by atoms with Crippen molar-refractivity contribution in [2.24, 2.45) is 5.73 Å². The van der Waals surface area contributed by atoms with Gasteiger partial charge >= 0.3 is 0 Å². The van der Waals surface area contributed by atoms with Crippen LogP contribution >= 0.6 is 22.6 Å². The maximum absolute atomic E-state index is 12.5. The summed E-state index contributed by atoms with van der Waals surface area (Å²) in [5.41, 5.74) is 9.60. The second kappa shape index (κ2) is 7.36. The largest absolute Gasteiger partial charge is 0.463 e. The first-order valence-corrected chi connectivity index (χ1v) is 9.08. The van der Waals surface area contributed by atoms with Crippen molar-refractivity contribution in [3.8, 4) is 0 Å². The van der Waals surface area contributed by atoms with Gasteiger partial charge in [0, 0.05) is 23.7 Å². The number of rotatable bonds is 5. The monoisotopic (exact) mass is 462 g/mol. The number of anilines is 1. The van der Waals surface area contributed by atoms with Crippen molar-refractivity contribution in [2.45, 2.75) is 13.0 Å². The van der Waals surface area contributed by atoms with Crippen LogP contribution in [0.4, 0.5) is 5.69 Å². The summed E-state index contributed by atoms with van der Waals surface area (Å²) in [7, 11) is 1.61. The number of hydrogen-bond acceptors (Lipinski definition) is 4. The first-order chi connectivity index (χ1) is 12.4. The molecule has 1 unspecified atom stereocenters. The lowest BCUT2D eigenvalue weighted by molar-refractivity contribution is -0.121. The average Bonchev–Trinajstić information content (AvgIpc) is 3.01. The zero-order chi connectivity index (χ0) is 18.8.